The summed E-state index contributed by atoms with van der Waals surface area (Å²) < 4.78 is 24.4. The van der Waals surface area contributed by atoms with E-state index >= 15 is 0 Å². The average molecular weight is 286 g/mol. The molecule has 9 heteroatoms. The Morgan fingerprint density at radius 1 is 1.35 bits per heavy atom. The van der Waals surface area contributed by atoms with Gasteiger partial charge < -0.3 is 0 Å². The van der Waals surface area contributed by atoms with Gasteiger partial charge in [-0.25, -0.2) is 18.7 Å². The molecule has 3 N–H and O–H groups in total. The smallest absolute Gasteiger partial charge is 0.248 e. The van der Waals surface area contributed by atoms with Gasteiger partial charge in [-0.1, -0.05) is 0 Å². The molecule has 0 fully saturated rings. The summed E-state index contributed by atoms with van der Waals surface area (Å²) in [4.78, 5) is 4.68. The van der Waals surface area contributed by atoms with Crippen LogP contribution in [-0.2, 0) is 10.0 Å². The van der Waals surface area contributed by atoms with Crippen molar-refractivity contribution in [2.75, 3.05) is 0 Å². The number of nitrogens with zero attached hydrogens (tertiary/aromatic N) is 2. The molecule has 6 nitrogen and oxygen atoms in total. The van der Waals surface area contributed by atoms with E-state index in [4.69, 9.17) is 5.14 Å². The zero-order valence-electron chi connectivity index (χ0n) is 8.25. The van der Waals surface area contributed by atoms with E-state index in [9.17, 15) is 8.42 Å². The zero-order chi connectivity index (χ0) is 12.0. The zero-order valence-corrected chi connectivity index (χ0v) is 10.7. The lowest BCUT2D eigenvalue weighted by Gasteiger charge is -1.87. The van der Waals surface area contributed by atoms with Crippen molar-refractivity contribution in [3.05, 3.63) is 17.5 Å². The molecule has 88 valence electrons. The van der Waals surface area contributed by atoms with Gasteiger partial charge in [0.25, 0.3) is 15.2 Å². The van der Waals surface area contributed by atoms with Crippen LogP contribution in [0.2, 0.25) is 0 Å². The van der Waals surface area contributed by atoms with Gasteiger partial charge >= 0.3 is 0 Å². The van der Waals surface area contributed by atoms with Gasteiger partial charge in [-0.05, 0) is 17.5 Å². The Bertz CT molecular complexity index is 754. The number of aromatic amines is 1. The predicted octanol–water partition coefficient (Wildman–Crippen LogP) is 1.40. The number of H-pyrrole nitrogens is 1. The number of fused-ring (bicyclic) bond motifs is 1. The van der Waals surface area contributed by atoms with Crippen molar-refractivity contribution in [2.45, 2.75) is 5.16 Å². The van der Waals surface area contributed by atoms with Crippen molar-refractivity contribution in [3.8, 4) is 10.7 Å². The molecule has 0 atom stereocenters. The second-order valence-corrected chi connectivity index (χ2v) is 6.78. The van der Waals surface area contributed by atoms with Crippen LogP contribution in [0.5, 0.6) is 0 Å². The minimum Gasteiger partial charge on any atom is -0.248 e. The van der Waals surface area contributed by atoms with E-state index in [2.05, 4.69) is 15.2 Å². The van der Waals surface area contributed by atoms with E-state index in [-0.39, 0.29) is 5.16 Å². The van der Waals surface area contributed by atoms with E-state index in [0.29, 0.717) is 5.82 Å². The highest BCUT2D eigenvalue weighted by Crippen LogP contribution is 2.34. The third kappa shape index (κ3) is 1.86. The quantitative estimate of drug-likeness (QED) is 0.743. The van der Waals surface area contributed by atoms with Crippen LogP contribution in [0.15, 0.2) is 22.7 Å². The van der Waals surface area contributed by atoms with Crippen LogP contribution in [0.4, 0.5) is 0 Å². The van der Waals surface area contributed by atoms with Gasteiger partial charge in [0.1, 0.15) is 0 Å². The summed E-state index contributed by atoms with van der Waals surface area (Å²) in [6, 6.07) is 3.93. The summed E-state index contributed by atoms with van der Waals surface area (Å²) in [6.45, 7) is 0. The molecular formula is C8H6N4O2S3. The number of hydrogen-bond acceptors (Lipinski definition) is 6. The van der Waals surface area contributed by atoms with E-state index in [1.165, 1.54) is 11.3 Å². The molecule has 0 bridgehead atoms. The lowest BCUT2D eigenvalue weighted by Crippen LogP contribution is -2.13. The molecule has 0 aromatic carbocycles. The topological polar surface area (TPSA) is 102 Å². The molecule has 0 unspecified atom stereocenters. The summed E-state index contributed by atoms with van der Waals surface area (Å²) in [7, 11) is -3.83. The maximum absolute atomic E-state index is 11.0. The largest absolute Gasteiger partial charge is 0.273 e. The number of nitrogens with one attached hydrogen (secondary N) is 1. The molecule has 0 radical (unpaired) electrons. The fourth-order valence-corrected chi connectivity index (χ4v) is 3.79. The molecule has 17 heavy (non-hydrogen) atoms. The molecular weight excluding hydrogens is 280 g/mol. The van der Waals surface area contributed by atoms with Crippen LogP contribution in [-0.4, -0.2) is 23.6 Å². The summed E-state index contributed by atoms with van der Waals surface area (Å²) in [5.74, 6) is 0.349. The molecule has 0 aliphatic rings. The first-order valence-corrected chi connectivity index (χ1v) is 7.71. The van der Waals surface area contributed by atoms with Crippen LogP contribution < -0.4 is 5.14 Å². The molecule has 0 spiro atoms. The van der Waals surface area contributed by atoms with E-state index in [1.807, 2.05) is 17.5 Å². The summed E-state index contributed by atoms with van der Waals surface area (Å²) >= 11 is 3.13. The molecule has 0 saturated heterocycles. The Morgan fingerprint density at radius 2 is 2.18 bits per heavy atom. The van der Waals surface area contributed by atoms with Crippen molar-refractivity contribution >= 4 is 42.1 Å². The van der Waals surface area contributed by atoms with Crippen molar-refractivity contribution < 1.29 is 8.42 Å². The first-order valence-electron chi connectivity index (χ1n) is 4.47. The summed E-state index contributed by atoms with van der Waals surface area (Å²) in [6.07, 6.45) is 0. The fourth-order valence-electron chi connectivity index (χ4n) is 1.36. The number of rotatable bonds is 2. The standard InChI is InChI=1S/C8H6N4O2S3/c9-17(13,14)8-10-7(11-12-8)6-3-5-4(16-6)1-2-15-5/h1-3H,(H2,9,13,14)(H,10,11,12). The van der Waals surface area contributed by atoms with E-state index < -0.39 is 10.0 Å². The second-order valence-electron chi connectivity index (χ2n) is 3.27. The lowest BCUT2D eigenvalue weighted by atomic mass is 10.4. The van der Waals surface area contributed by atoms with Gasteiger partial charge in [-0.15, -0.1) is 22.7 Å². The van der Waals surface area contributed by atoms with Crippen molar-refractivity contribution in [1.82, 2.24) is 15.2 Å². The first kappa shape index (κ1) is 10.8. The van der Waals surface area contributed by atoms with Crippen LogP contribution in [0.3, 0.4) is 0 Å². The predicted molar refractivity (Wildman–Crippen MR) is 66.5 cm³/mol. The maximum atomic E-state index is 11.0. The Hall–Kier alpha value is -1.29. The second kappa shape index (κ2) is 3.60. The Balaban J connectivity index is 2.10. The monoisotopic (exact) mass is 286 g/mol. The SMILES string of the molecule is NS(=O)(=O)c1nc(-c2cc3sccc3s2)n[nH]1. The van der Waals surface area contributed by atoms with Crippen LogP contribution >= 0.6 is 22.7 Å². The van der Waals surface area contributed by atoms with Crippen LogP contribution in [0, 0.1) is 0 Å². The average Bonchev–Trinajstić information content (AvgIpc) is 2.90. The van der Waals surface area contributed by atoms with Gasteiger partial charge in [0, 0.05) is 9.40 Å². The number of primary sulfonamides is 1. The number of sulfonamides is 1. The molecule has 0 aliphatic carbocycles. The normalized spacial score (nSPS) is 12.3. The first-order chi connectivity index (χ1) is 8.04. The number of nitrogens with two attached hydrogens (primary N) is 1. The minimum absolute atomic E-state index is 0.316. The fraction of sp³-hybridized carbons (Fsp3) is 0. The van der Waals surface area contributed by atoms with Gasteiger partial charge in [-0.3, -0.25) is 0 Å². The van der Waals surface area contributed by atoms with Crippen molar-refractivity contribution in [1.29, 1.82) is 0 Å². The number of hydrogen-bond donors (Lipinski definition) is 2. The summed E-state index contributed by atoms with van der Waals surface area (Å²) in [5, 5.41) is 12.8. The summed E-state index contributed by atoms with van der Waals surface area (Å²) in [5.41, 5.74) is 0. The number of aromatic nitrogens is 3. The van der Waals surface area contributed by atoms with Crippen LogP contribution in [0.1, 0.15) is 0 Å². The third-order valence-corrected chi connectivity index (χ3v) is 4.91. The third-order valence-electron chi connectivity index (χ3n) is 2.09. The molecule has 0 saturated carbocycles. The highest BCUT2D eigenvalue weighted by molar-refractivity contribution is 7.89. The van der Waals surface area contributed by atoms with Gasteiger partial charge in [0.2, 0.25) is 0 Å². The Morgan fingerprint density at radius 3 is 2.82 bits per heavy atom. The molecule has 3 aromatic rings. The molecule has 3 aromatic heterocycles. The molecule has 3 rings (SSSR count). The van der Waals surface area contributed by atoms with E-state index in [0.717, 1.165) is 14.3 Å². The van der Waals surface area contributed by atoms with Crippen molar-refractivity contribution in [2.24, 2.45) is 5.14 Å². The Labute approximate surface area is 104 Å². The highest BCUT2D eigenvalue weighted by Gasteiger charge is 2.16. The van der Waals surface area contributed by atoms with Gasteiger partial charge in [0.15, 0.2) is 5.82 Å². The van der Waals surface area contributed by atoms with Crippen molar-refractivity contribution in [3.63, 3.8) is 0 Å². The lowest BCUT2D eigenvalue weighted by molar-refractivity contribution is 0.589. The maximum Gasteiger partial charge on any atom is 0.273 e. The van der Waals surface area contributed by atoms with Crippen LogP contribution in [0.25, 0.3) is 20.1 Å². The molecule has 3 heterocycles. The molecule has 0 amide bonds. The minimum atomic E-state index is -3.83. The molecule has 0 aliphatic heterocycles. The van der Waals surface area contributed by atoms with Gasteiger partial charge in [-0.2, -0.15) is 10.1 Å². The van der Waals surface area contributed by atoms with Gasteiger partial charge in [0.05, 0.1) is 4.88 Å². The number of thiophene rings is 2. The van der Waals surface area contributed by atoms with E-state index in [1.54, 1.807) is 11.3 Å². The Kier molecular flexibility index (Phi) is 2.30. The highest BCUT2D eigenvalue weighted by atomic mass is 32.2.